The van der Waals surface area contributed by atoms with E-state index < -0.39 is 0 Å². The number of ether oxygens (including phenoxy) is 1. The number of hydrogen-bond acceptors (Lipinski definition) is 2. The molecule has 1 aliphatic carbocycles. The summed E-state index contributed by atoms with van der Waals surface area (Å²) in [5.74, 6) is 0.784. The molecule has 1 aliphatic rings. The molecule has 0 bridgehead atoms. The quantitative estimate of drug-likeness (QED) is 0.918. The minimum Gasteiger partial charge on any atom is -0.496 e. The van der Waals surface area contributed by atoms with Crippen molar-refractivity contribution >= 4 is 27.5 Å². The second-order valence-electron chi connectivity index (χ2n) is 4.66. The Balaban J connectivity index is 2.53. The minimum atomic E-state index is 0.0665. The van der Waals surface area contributed by atoms with Crippen LogP contribution < -0.4 is 10.5 Å². The summed E-state index contributed by atoms with van der Waals surface area (Å²) in [7, 11) is 1.66. The van der Waals surface area contributed by atoms with Crippen LogP contribution in [0, 0.1) is 0 Å². The van der Waals surface area contributed by atoms with E-state index in [-0.39, 0.29) is 5.41 Å². The summed E-state index contributed by atoms with van der Waals surface area (Å²) in [5.41, 5.74) is 7.27. The topological polar surface area (TPSA) is 35.2 Å². The molecule has 17 heavy (non-hydrogen) atoms. The van der Waals surface area contributed by atoms with Crippen LogP contribution in [0.25, 0.3) is 0 Å². The van der Waals surface area contributed by atoms with Crippen molar-refractivity contribution in [3.63, 3.8) is 0 Å². The first-order valence-electron chi connectivity index (χ1n) is 5.86. The average molecular weight is 319 g/mol. The predicted octanol–water partition coefficient (Wildman–Crippen LogP) is 3.88. The van der Waals surface area contributed by atoms with E-state index in [1.54, 1.807) is 7.11 Å². The standard InChI is InChI=1S/C13H17BrClNO/c1-17-11-7-9(15)6-10(12(11)14)13(8-16)4-2-3-5-13/h6-7H,2-5,8,16H2,1H3. The molecule has 0 saturated heterocycles. The van der Waals surface area contributed by atoms with Crippen molar-refractivity contribution in [2.45, 2.75) is 31.1 Å². The summed E-state index contributed by atoms with van der Waals surface area (Å²) < 4.78 is 6.34. The Bertz CT molecular complexity index is 416. The smallest absolute Gasteiger partial charge is 0.134 e. The molecule has 4 heteroatoms. The molecule has 0 unspecified atom stereocenters. The molecule has 2 N–H and O–H groups in total. The summed E-state index contributed by atoms with van der Waals surface area (Å²) in [6, 6.07) is 3.85. The monoisotopic (exact) mass is 317 g/mol. The third kappa shape index (κ3) is 2.33. The van der Waals surface area contributed by atoms with Gasteiger partial charge >= 0.3 is 0 Å². The molecule has 1 saturated carbocycles. The van der Waals surface area contributed by atoms with Gasteiger partial charge in [-0.15, -0.1) is 0 Å². The zero-order chi connectivity index (χ0) is 12.5. The first-order chi connectivity index (χ1) is 8.13. The normalized spacial score (nSPS) is 18.4. The van der Waals surface area contributed by atoms with E-state index in [4.69, 9.17) is 22.1 Å². The van der Waals surface area contributed by atoms with E-state index in [9.17, 15) is 0 Å². The van der Waals surface area contributed by atoms with Crippen LogP contribution in [0.1, 0.15) is 31.2 Å². The Morgan fingerprint density at radius 2 is 2.06 bits per heavy atom. The lowest BCUT2D eigenvalue weighted by atomic mass is 9.79. The molecule has 2 rings (SSSR count). The number of nitrogens with two attached hydrogens (primary N) is 1. The van der Waals surface area contributed by atoms with Crippen LogP contribution in [0.2, 0.25) is 5.02 Å². The fraction of sp³-hybridized carbons (Fsp3) is 0.538. The molecule has 1 aromatic rings. The molecule has 1 aromatic carbocycles. The van der Waals surface area contributed by atoms with Gasteiger partial charge in [0.25, 0.3) is 0 Å². The maximum Gasteiger partial charge on any atom is 0.134 e. The van der Waals surface area contributed by atoms with Crippen LogP contribution in [0.4, 0.5) is 0 Å². The van der Waals surface area contributed by atoms with Crippen molar-refractivity contribution in [1.29, 1.82) is 0 Å². The molecule has 0 aromatic heterocycles. The molecule has 0 radical (unpaired) electrons. The summed E-state index contributed by atoms with van der Waals surface area (Å²) in [6.45, 7) is 0.662. The van der Waals surface area contributed by atoms with Crippen molar-refractivity contribution in [3.8, 4) is 5.75 Å². The van der Waals surface area contributed by atoms with Crippen LogP contribution in [-0.4, -0.2) is 13.7 Å². The van der Waals surface area contributed by atoms with E-state index in [0.29, 0.717) is 11.6 Å². The molecule has 2 nitrogen and oxygen atoms in total. The number of hydrogen-bond donors (Lipinski definition) is 1. The van der Waals surface area contributed by atoms with Crippen molar-refractivity contribution < 1.29 is 4.74 Å². The highest BCUT2D eigenvalue weighted by Gasteiger charge is 2.36. The molecule has 0 aliphatic heterocycles. The zero-order valence-electron chi connectivity index (χ0n) is 9.93. The first-order valence-corrected chi connectivity index (χ1v) is 7.03. The molecule has 94 valence electrons. The fourth-order valence-electron chi connectivity index (χ4n) is 2.73. The van der Waals surface area contributed by atoms with E-state index in [0.717, 1.165) is 23.1 Å². The van der Waals surface area contributed by atoms with Gasteiger partial charge in [0.05, 0.1) is 11.6 Å². The lowest BCUT2D eigenvalue weighted by Gasteiger charge is -2.29. The minimum absolute atomic E-state index is 0.0665. The van der Waals surface area contributed by atoms with Gasteiger partial charge in [-0.3, -0.25) is 0 Å². The summed E-state index contributed by atoms with van der Waals surface area (Å²) >= 11 is 9.78. The van der Waals surface area contributed by atoms with Gasteiger partial charge in [0.1, 0.15) is 5.75 Å². The highest BCUT2D eigenvalue weighted by Crippen LogP contribution is 2.46. The van der Waals surface area contributed by atoms with Gasteiger partial charge in [-0.05, 0) is 46.5 Å². The van der Waals surface area contributed by atoms with Crippen molar-refractivity contribution in [1.82, 2.24) is 0 Å². The second-order valence-corrected chi connectivity index (χ2v) is 5.89. The Labute approximate surface area is 116 Å². The van der Waals surface area contributed by atoms with Crippen LogP contribution >= 0.6 is 27.5 Å². The maximum atomic E-state index is 6.16. The highest BCUT2D eigenvalue weighted by molar-refractivity contribution is 9.10. The predicted molar refractivity (Wildman–Crippen MR) is 74.9 cm³/mol. The zero-order valence-corrected chi connectivity index (χ0v) is 12.3. The molecule has 0 spiro atoms. The van der Waals surface area contributed by atoms with E-state index in [1.807, 2.05) is 12.1 Å². The van der Waals surface area contributed by atoms with Crippen LogP contribution in [0.5, 0.6) is 5.75 Å². The number of benzene rings is 1. The SMILES string of the molecule is COc1cc(Cl)cc(C2(CN)CCCC2)c1Br. The Morgan fingerprint density at radius 3 is 2.59 bits per heavy atom. The lowest BCUT2D eigenvalue weighted by Crippen LogP contribution is -2.32. The van der Waals surface area contributed by atoms with Gasteiger partial charge in [-0.25, -0.2) is 0 Å². The van der Waals surface area contributed by atoms with E-state index in [2.05, 4.69) is 15.9 Å². The maximum absolute atomic E-state index is 6.16. The van der Waals surface area contributed by atoms with Crippen molar-refractivity contribution in [3.05, 3.63) is 27.2 Å². The van der Waals surface area contributed by atoms with Crippen molar-refractivity contribution in [2.75, 3.05) is 13.7 Å². The molecule has 1 fully saturated rings. The average Bonchev–Trinajstić information content (AvgIpc) is 2.81. The van der Waals surface area contributed by atoms with Crippen LogP contribution in [0.15, 0.2) is 16.6 Å². The fourth-order valence-corrected chi connectivity index (χ4v) is 3.75. The number of methoxy groups -OCH3 is 1. The van der Waals surface area contributed by atoms with Gasteiger partial charge in [0.15, 0.2) is 0 Å². The van der Waals surface area contributed by atoms with Gasteiger partial charge in [-0.2, -0.15) is 0 Å². The summed E-state index contributed by atoms with van der Waals surface area (Å²) in [4.78, 5) is 0. The van der Waals surface area contributed by atoms with Gasteiger partial charge in [0, 0.05) is 17.0 Å². The number of rotatable bonds is 3. The molecule has 0 atom stereocenters. The molecule has 0 amide bonds. The lowest BCUT2D eigenvalue weighted by molar-refractivity contribution is 0.404. The summed E-state index contributed by atoms with van der Waals surface area (Å²) in [5, 5.41) is 0.708. The van der Waals surface area contributed by atoms with Crippen LogP contribution in [-0.2, 0) is 5.41 Å². The van der Waals surface area contributed by atoms with Crippen LogP contribution in [0.3, 0.4) is 0 Å². The second kappa shape index (κ2) is 5.17. The Morgan fingerprint density at radius 1 is 1.41 bits per heavy atom. The third-order valence-corrected chi connectivity index (χ3v) is 4.78. The Hall–Kier alpha value is -0.250. The largest absolute Gasteiger partial charge is 0.496 e. The van der Waals surface area contributed by atoms with Gasteiger partial charge in [-0.1, -0.05) is 24.4 Å². The van der Waals surface area contributed by atoms with E-state index in [1.165, 1.54) is 18.4 Å². The number of halogens is 2. The first kappa shape index (κ1) is 13.2. The van der Waals surface area contributed by atoms with Gasteiger partial charge in [0.2, 0.25) is 0 Å². The molecular weight excluding hydrogens is 302 g/mol. The highest BCUT2D eigenvalue weighted by atomic mass is 79.9. The van der Waals surface area contributed by atoms with Gasteiger partial charge < -0.3 is 10.5 Å². The summed E-state index contributed by atoms with van der Waals surface area (Å²) in [6.07, 6.45) is 4.73. The van der Waals surface area contributed by atoms with Crippen molar-refractivity contribution in [2.24, 2.45) is 5.73 Å². The molecular formula is C13H17BrClNO. The Kier molecular flexibility index (Phi) is 4.01. The third-order valence-electron chi connectivity index (χ3n) is 3.75. The van der Waals surface area contributed by atoms with E-state index >= 15 is 0 Å². The molecule has 0 heterocycles.